The highest BCUT2D eigenvalue weighted by Crippen LogP contribution is 2.24. The SMILES string of the molecule is C/C(=C\C(=O)Nc1cc([N+](=O)[O-])ccc1C)Nc1cc([N+](=O)[O-])ccc1C. The smallest absolute Gasteiger partial charge is 0.271 e. The predicted molar refractivity (Wildman–Crippen MR) is 102 cm³/mol. The zero-order valence-electron chi connectivity index (χ0n) is 15.0. The van der Waals surface area contributed by atoms with Crippen molar-refractivity contribution in [2.24, 2.45) is 0 Å². The molecule has 9 nitrogen and oxygen atoms in total. The van der Waals surface area contributed by atoms with Crippen LogP contribution in [0.5, 0.6) is 0 Å². The molecule has 0 spiro atoms. The zero-order valence-corrected chi connectivity index (χ0v) is 15.0. The summed E-state index contributed by atoms with van der Waals surface area (Å²) in [7, 11) is 0. The minimum atomic E-state index is -0.539. The molecule has 0 heterocycles. The standard InChI is InChI=1S/C18H18N4O5/c1-11-4-6-14(21(24)25)9-16(11)19-13(3)8-18(23)20-17-10-15(22(26)27)7-5-12(17)2/h4-10,19H,1-3H3,(H,20,23)/b13-8+. The van der Waals surface area contributed by atoms with Gasteiger partial charge in [0.2, 0.25) is 5.91 Å². The number of hydrogen-bond donors (Lipinski definition) is 2. The Kier molecular flexibility index (Phi) is 5.86. The Balaban J connectivity index is 2.16. The highest BCUT2D eigenvalue weighted by Gasteiger charge is 2.11. The van der Waals surface area contributed by atoms with E-state index < -0.39 is 15.8 Å². The largest absolute Gasteiger partial charge is 0.359 e. The molecule has 0 aliphatic heterocycles. The maximum Gasteiger partial charge on any atom is 0.271 e. The van der Waals surface area contributed by atoms with Crippen molar-refractivity contribution >= 4 is 28.7 Å². The number of nitro benzene ring substituents is 2. The quantitative estimate of drug-likeness (QED) is 0.448. The van der Waals surface area contributed by atoms with Crippen LogP contribution in [0.3, 0.4) is 0 Å². The van der Waals surface area contributed by atoms with Crippen LogP contribution in [0.15, 0.2) is 48.2 Å². The fourth-order valence-electron chi connectivity index (χ4n) is 2.33. The number of carbonyl (C=O) groups excluding carboxylic acids is 1. The third-order valence-electron chi connectivity index (χ3n) is 3.80. The Morgan fingerprint density at radius 2 is 1.33 bits per heavy atom. The number of benzene rings is 2. The van der Waals surface area contributed by atoms with Gasteiger partial charge in [0.15, 0.2) is 0 Å². The molecule has 0 atom stereocenters. The molecule has 0 radical (unpaired) electrons. The fraction of sp³-hybridized carbons (Fsp3) is 0.167. The molecule has 0 bridgehead atoms. The molecule has 2 aromatic rings. The molecule has 0 saturated heterocycles. The van der Waals surface area contributed by atoms with Crippen molar-refractivity contribution in [3.05, 3.63) is 79.5 Å². The average molecular weight is 370 g/mol. The molecule has 27 heavy (non-hydrogen) atoms. The molecular formula is C18H18N4O5. The summed E-state index contributed by atoms with van der Waals surface area (Å²) < 4.78 is 0. The Bertz CT molecular complexity index is 953. The van der Waals surface area contributed by atoms with E-state index in [9.17, 15) is 25.0 Å². The van der Waals surface area contributed by atoms with Gasteiger partial charge in [-0.15, -0.1) is 0 Å². The van der Waals surface area contributed by atoms with Gasteiger partial charge in [0.25, 0.3) is 11.4 Å². The monoisotopic (exact) mass is 370 g/mol. The number of amides is 1. The van der Waals surface area contributed by atoms with Crippen LogP contribution in [0.1, 0.15) is 18.1 Å². The summed E-state index contributed by atoms with van der Waals surface area (Å²) in [6.45, 7) is 5.14. The molecule has 140 valence electrons. The van der Waals surface area contributed by atoms with Crippen LogP contribution in [0.2, 0.25) is 0 Å². The van der Waals surface area contributed by atoms with Crippen LogP contribution < -0.4 is 10.6 Å². The zero-order chi connectivity index (χ0) is 20.1. The van der Waals surface area contributed by atoms with Gasteiger partial charge in [0.05, 0.1) is 15.5 Å². The molecule has 2 rings (SSSR count). The number of nitro groups is 2. The van der Waals surface area contributed by atoms with Gasteiger partial charge in [-0.2, -0.15) is 0 Å². The number of allylic oxidation sites excluding steroid dienone is 1. The molecule has 0 fully saturated rings. The maximum absolute atomic E-state index is 12.2. The molecule has 0 aliphatic carbocycles. The first-order valence-electron chi connectivity index (χ1n) is 7.94. The molecule has 1 amide bonds. The minimum absolute atomic E-state index is 0.0624. The summed E-state index contributed by atoms with van der Waals surface area (Å²) >= 11 is 0. The van der Waals surface area contributed by atoms with Crippen LogP contribution in [-0.2, 0) is 4.79 Å². The van der Waals surface area contributed by atoms with Crippen molar-refractivity contribution in [1.29, 1.82) is 0 Å². The third-order valence-corrected chi connectivity index (χ3v) is 3.80. The highest BCUT2D eigenvalue weighted by molar-refractivity contribution is 6.00. The van der Waals surface area contributed by atoms with Gasteiger partial charge in [0.1, 0.15) is 0 Å². The summed E-state index contributed by atoms with van der Waals surface area (Å²) in [6.07, 6.45) is 1.27. The molecule has 0 aliphatic rings. The highest BCUT2D eigenvalue weighted by atomic mass is 16.6. The fourth-order valence-corrected chi connectivity index (χ4v) is 2.33. The molecule has 0 unspecified atom stereocenters. The topological polar surface area (TPSA) is 127 Å². The Morgan fingerprint density at radius 1 is 0.889 bits per heavy atom. The molecule has 9 heteroatoms. The number of carbonyl (C=O) groups is 1. The van der Waals surface area contributed by atoms with Crippen molar-refractivity contribution in [3.63, 3.8) is 0 Å². The van der Waals surface area contributed by atoms with E-state index in [1.165, 1.54) is 30.3 Å². The number of rotatable bonds is 6. The van der Waals surface area contributed by atoms with Crippen molar-refractivity contribution in [3.8, 4) is 0 Å². The molecule has 2 N–H and O–H groups in total. The van der Waals surface area contributed by atoms with Gasteiger partial charge < -0.3 is 10.6 Å². The van der Waals surface area contributed by atoms with Gasteiger partial charge in [-0.1, -0.05) is 12.1 Å². The maximum atomic E-state index is 12.2. The molecule has 0 aromatic heterocycles. The normalized spacial score (nSPS) is 11.0. The summed E-state index contributed by atoms with van der Waals surface area (Å²) in [5.74, 6) is -0.480. The second kappa shape index (κ2) is 8.09. The summed E-state index contributed by atoms with van der Waals surface area (Å²) in [4.78, 5) is 32.9. The van der Waals surface area contributed by atoms with Crippen LogP contribution in [-0.4, -0.2) is 15.8 Å². The third kappa shape index (κ3) is 5.11. The Morgan fingerprint density at radius 3 is 1.78 bits per heavy atom. The lowest BCUT2D eigenvalue weighted by molar-refractivity contribution is -0.385. The lowest BCUT2D eigenvalue weighted by Gasteiger charge is -2.10. The van der Waals surface area contributed by atoms with Crippen molar-refractivity contribution in [1.82, 2.24) is 0 Å². The first-order chi connectivity index (χ1) is 12.7. The number of hydrogen-bond acceptors (Lipinski definition) is 6. The Hall–Kier alpha value is -3.75. The van der Waals surface area contributed by atoms with E-state index in [-0.39, 0.29) is 11.4 Å². The first kappa shape index (κ1) is 19.6. The van der Waals surface area contributed by atoms with Crippen LogP contribution in [0.4, 0.5) is 22.7 Å². The van der Waals surface area contributed by atoms with E-state index in [0.29, 0.717) is 22.6 Å². The van der Waals surface area contributed by atoms with E-state index in [2.05, 4.69) is 10.6 Å². The van der Waals surface area contributed by atoms with E-state index in [4.69, 9.17) is 0 Å². The first-order valence-corrected chi connectivity index (χ1v) is 7.94. The summed E-state index contributed by atoms with van der Waals surface area (Å²) in [6, 6.07) is 8.59. The lowest BCUT2D eigenvalue weighted by Crippen LogP contribution is -2.12. The lowest BCUT2D eigenvalue weighted by atomic mass is 10.1. The number of nitrogens with zero attached hydrogens (tertiary/aromatic N) is 2. The number of nitrogens with one attached hydrogen (secondary N) is 2. The summed E-state index contributed by atoms with van der Waals surface area (Å²) in [5, 5.41) is 27.3. The second-order valence-corrected chi connectivity index (χ2v) is 5.95. The Labute approximate surface area is 155 Å². The number of aryl methyl sites for hydroxylation is 2. The van der Waals surface area contributed by atoms with Crippen molar-refractivity contribution in [2.75, 3.05) is 10.6 Å². The van der Waals surface area contributed by atoms with Crippen molar-refractivity contribution < 1.29 is 14.6 Å². The second-order valence-electron chi connectivity index (χ2n) is 5.95. The molecular weight excluding hydrogens is 352 g/mol. The van der Waals surface area contributed by atoms with Gasteiger partial charge in [-0.25, -0.2) is 0 Å². The average Bonchev–Trinajstić information content (AvgIpc) is 2.58. The van der Waals surface area contributed by atoms with Crippen LogP contribution in [0.25, 0.3) is 0 Å². The van der Waals surface area contributed by atoms with Gasteiger partial charge in [0, 0.05) is 41.7 Å². The number of non-ortho nitro benzene ring substituents is 2. The van der Waals surface area contributed by atoms with Crippen LogP contribution in [0, 0.1) is 34.1 Å². The van der Waals surface area contributed by atoms with Gasteiger partial charge in [-0.3, -0.25) is 25.0 Å². The summed E-state index contributed by atoms with van der Waals surface area (Å²) in [5.41, 5.74) is 2.58. The van der Waals surface area contributed by atoms with E-state index in [0.717, 1.165) is 5.56 Å². The van der Waals surface area contributed by atoms with Crippen molar-refractivity contribution in [2.45, 2.75) is 20.8 Å². The van der Waals surface area contributed by atoms with Gasteiger partial charge >= 0.3 is 0 Å². The van der Waals surface area contributed by atoms with E-state index in [1.807, 2.05) is 0 Å². The van der Waals surface area contributed by atoms with E-state index in [1.54, 1.807) is 32.9 Å². The minimum Gasteiger partial charge on any atom is -0.359 e. The molecule has 2 aromatic carbocycles. The van der Waals surface area contributed by atoms with Gasteiger partial charge in [-0.05, 0) is 31.9 Å². The molecule has 0 saturated carbocycles. The van der Waals surface area contributed by atoms with E-state index >= 15 is 0 Å². The number of anilines is 2. The van der Waals surface area contributed by atoms with Crippen LogP contribution >= 0.6 is 0 Å². The predicted octanol–water partition coefficient (Wildman–Crippen LogP) is 4.07.